The lowest BCUT2D eigenvalue weighted by Crippen LogP contribution is -2.30. The van der Waals surface area contributed by atoms with E-state index in [4.69, 9.17) is 14.9 Å². The highest BCUT2D eigenvalue weighted by molar-refractivity contribution is 5.93. The third kappa shape index (κ3) is 7.01. The SMILES string of the molecule is CCCCOCCC(c1nnc([C@H]2C[C@@H](CC(C)C)C2)n1C1CC1)C(C)C(=O)Nc1ccc(C)cc1C. The zero-order valence-electron chi connectivity index (χ0n) is 23.9. The fourth-order valence-electron chi connectivity index (χ4n) is 5.90. The Hall–Kier alpha value is -2.21. The lowest BCUT2D eigenvalue weighted by Gasteiger charge is -2.36. The summed E-state index contributed by atoms with van der Waals surface area (Å²) in [6, 6.07) is 6.66. The van der Waals surface area contributed by atoms with E-state index in [1.54, 1.807) is 0 Å². The Balaban J connectivity index is 1.54. The number of anilines is 1. The largest absolute Gasteiger partial charge is 0.381 e. The summed E-state index contributed by atoms with van der Waals surface area (Å²) in [5.74, 6) is 3.99. The van der Waals surface area contributed by atoms with Gasteiger partial charge in [-0.25, -0.2) is 0 Å². The molecule has 2 aliphatic rings. The van der Waals surface area contributed by atoms with Crippen LogP contribution in [0.15, 0.2) is 18.2 Å². The van der Waals surface area contributed by atoms with Crippen LogP contribution in [0.4, 0.5) is 5.69 Å². The van der Waals surface area contributed by atoms with Crippen molar-refractivity contribution in [2.75, 3.05) is 18.5 Å². The molecule has 37 heavy (non-hydrogen) atoms. The van der Waals surface area contributed by atoms with Gasteiger partial charge >= 0.3 is 0 Å². The Bertz CT molecular complexity index is 1040. The molecule has 2 unspecified atom stereocenters. The first kappa shape index (κ1) is 27.8. The van der Waals surface area contributed by atoms with Crippen LogP contribution in [0, 0.1) is 31.6 Å². The highest BCUT2D eigenvalue weighted by atomic mass is 16.5. The van der Waals surface area contributed by atoms with E-state index in [2.05, 4.69) is 43.6 Å². The molecule has 0 bridgehead atoms. The maximum absolute atomic E-state index is 13.5. The number of unbranched alkanes of at least 4 members (excludes halogenated alkanes) is 1. The van der Waals surface area contributed by atoms with Crippen molar-refractivity contribution in [1.29, 1.82) is 0 Å². The van der Waals surface area contributed by atoms with Gasteiger partial charge in [0.05, 0.1) is 0 Å². The van der Waals surface area contributed by atoms with E-state index in [9.17, 15) is 4.79 Å². The first-order valence-electron chi connectivity index (χ1n) is 14.7. The molecule has 1 aromatic carbocycles. The van der Waals surface area contributed by atoms with Crippen LogP contribution in [0.25, 0.3) is 0 Å². The van der Waals surface area contributed by atoms with Gasteiger partial charge in [-0.3, -0.25) is 4.79 Å². The summed E-state index contributed by atoms with van der Waals surface area (Å²) in [7, 11) is 0. The minimum Gasteiger partial charge on any atom is -0.381 e. The van der Waals surface area contributed by atoms with E-state index < -0.39 is 0 Å². The van der Waals surface area contributed by atoms with Crippen molar-refractivity contribution >= 4 is 11.6 Å². The van der Waals surface area contributed by atoms with Gasteiger partial charge in [-0.15, -0.1) is 10.2 Å². The summed E-state index contributed by atoms with van der Waals surface area (Å²) in [4.78, 5) is 13.5. The molecule has 0 aliphatic heterocycles. The number of hydrogen-bond donors (Lipinski definition) is 1. The van der Waals surface area contributed by atoms with Crippen molar-refractivity contribution < 1.29 is 9.53 Å². The Morgan fingerprint density at radius 2 is 1.89 bits per heavy atom. The lowest BCUT2D eigenvalue weighted by molar-refractivity contribution is -0.120. The third-order valence-electron chi connectivity index (χ3n) is 8.27. The highest BCUT2D eigenvalue weighted by Crippen LogP contribution is 2.48. The lowest BCUT2D eigenvalue weighted by atomic mass is 9.71. The molecule has 2 saturated carbocycles. The van der Waals surface area contributed by atoms with Gasteiger partial charge in [0, 0.05) is 42.7 Å². The van der Waals surface area contributed by atoms with E-state index in [1.165, 1.54) is 37.7 Å². The minimum atomic E-state index is -0.236. The Morgan fingerprint density at radius 3 is 2.54 bits per heavy atom. The summed E-state index contributed by atoms with van der Waals surface area (Å²) in [5, 5.41) is 12.8. The monoisotopic (exact) mass is 508 g/mol. The first-order chi connectivity index (χ1) is 17.8. The number of nitrogens with zero attached hydrogens (tertiary/aromatic N) is 3. The van der Waals surface area contributed by atoms with Crippen molar-refractivity contribution in [3.05, 3.63) is 41.0 Å². The Labute approximate surface area is 224 Å². The predicted molar refractivity (Wildman–Crippen MR) is 150 cm³/mol. The molecule has 204 valence electrons. The van der Waals surface area contributed by atoms with Gasteiger partial charge in [0.15, 0.2) is 0 Å². The van der Waals surface area contributed by atoms with Crippen LogP contribution in [-0.2, 0) is 9.53 Å². The molecule has 2 atom stereocenters. The minimum absolute atomic E-state index is 0.0271. The van der Waals surface area contributed by atoms with Crippen molar-refractivity contribution in [3.8, 4) is 0 Å². The molecule has 2 fully saturated rings. The smallest absolute Gasteiger partial charge is 0.227 e. The fraction of sp³-hybridized carbons (Fsp3) is 0.710. The number of carbonyl (C=O) groups excluding carboxylic acids is 1. The van der Waals surface area contributed by atoms with Crippen LogP contribution >= 0.6 is 0 Å². The molecule has 1 aromatic heterocycles. The second-order valence-electron chi connectivity index (χ2n) is 12.1. The average molecular weight is 509 g/mol. The number of nitrogens with one attached hydrogen (secondary N) is 1. The van der Waals surface area contributed by atoms with Crippen molar-refractivity contribution in [1.82, 2.24) is 14.8 Å². The van der Waals surface area contributed by atoms with E-state index in [0.29, 0.717) is 18.6 Å². The molecule has 0 spiro atoms. The summed E-state index contributed by atoms with van der Waals surface area (Å²) < 4.78 is 8.41. The second-order valence-corrected chi connectivity index (χ2v) is 12.1. The molecule has 1 amide bonds. The summed E-state index contributed by atoms with van der Waals surface area (Å²) >= 11 is 0. The van der Waals surface area contributed by atoms with Crippen LogP contribution < -0.4 is 5.32 Å². The number of rotatable bonds is 14. The van der Waals surface area contributed by atoms with E-state index in [-0.39, 0.29) is 17.7 Å². The molecule has 2 aromatic rings. The quantitative estimate of drug-likeness (QED) is 0.271. The zero-order valence-corrected chi connectivity index (χ0v) is 23.9. The molecule has 0 radical (unpaired) electrons. The zero-order chi connectivity index (χ0) is 26.5. The predicted octanol–water partition coefficient (Wildman–Crippen LogP) is 7.33. The van der Waals surface area contributed by atoms with E-state index in [0.717, 1.165) is 60.6 Å². The van der Waals surface area contributed by atoms with E-state index in [1.807, 2.05) is 26.0 Å². The number of benzene rings is 1. The molecule has 6 nitrogen and oxygen atoms in total. The number of hydrogen-bond acceptors (Lipinski definition) is 4. The normalized spacial score (nSPS) is 21.1. The molecule has 1 N–H and O–H groups in total. The Morgan fingerprint density at radius 1 is 1.14 bits per heavy atom. The van der Waals surface area contributed by atoms with Gasteiger partial charge in [-0.2, -0.15) is 0 Å². The first-order valence-corrected chi connectivity index (χ1v) is 14.7. The number of ether oxygens (including phenoxy) is 1. The summed E-state index contributed by atoms with van der Waals surface area (Å²) in [6.45, 7) is 14.4. The van der Waals surface area contributed by atoms with Gasteiger partial charge in [-0.1, -0.05) is 51.8 Å². The van der Waals surface area contributed by atoms with Crippen LogP contribution in [0.1, 0.15) is 120 Å². The van der Waals surface area contributed by atoms with Gasteiger partial charge in [0.2, 0.25) is 5.91 Å². The second kappa shape index (κ2) is 12.6. The van der Waals surface area contributed by atoms with Gasteiger partial charge in [-0.05, 0) is 82.3 Å². The van der Waals surface area contributed by atoms with Crippen LogP contribution in [-0.4, -0.2) is 33.9 Å². The van der Waals surface area contributed by atoms with E-state index >= 15 is 0 Å². The van der Waals surface area contributed by atoms with Crippen LogP contribution in [0.3, 0.4) is 0 Å². The van der Waals surface area contributed by atoms with Crippen molar-refractivity contribution in [3.63, 3.8) is 0 Å². The third-order valence-corrected chi connectivity index (χ3v) is 8.27. The fourth-order valence-corrected chi connectivity index (χ4v) is 5.90. The molecule has 2 aliphatic carbocycles. The number of amides is 1. The molecule has 6 heteroatoms. The van der Waals surface area contributed by atoms with Crippen molar-refractivity contribution in [2.45, 2.75) is 111 Å². The summed E-state index contributed by atoms with van der Waals surface area (Å²) in [6.07, 6.45) is 9.07. The average Bonchev–Trinajstić information content (AvgIpc) is 3.58. The standard InChI is InChI=1S/C31H48N4O2/c1-7-8-14-37-15-13-27(23(6)31(36)32-28-12-9-21(4)17-22(28)5)30-34-33-29(35(30)26-10-11-26)25-18-24(19-25)16-20(2)3/h9,12,17,20,23-27H,7-8,10-11,13-16,18-19H2,1-6H3,(H,32,36)/t23?,24-,25+,27?. The molecule has 0 saturated heterocycles. The maximum atomic E-state index is 13.5. The molecule has 4 rings (SSSR count). The molecular weight excluding hydrogens is 460 g/mol. The maximum Gasteiger partial charge on any atom is 0.227 e. The van der Waals surface area contributed by atoms with Gasteiger partial charge < -0.3 is 14.6 Å². The highest BCUT2D eigenvalue weighted by Gasteiger charge is 2.41. The molecule has 1 heterocycles. The number of carbonyl (C=O) groups is 1. The summed E-state index contributed by atoms with van der Waals surface area (Å²) in [5.41, 5.74) is 3.17. The Kier molecular flexibility index (Phi) is 9.44. The number of aryl methyl sites for hydroxylation is 2. The topological polar surface area (TPSA) is 69.0 Å². The van der Waals surface area contributed by atoms with Crippen molar-refractivity contribution in [2.24, 2.45) is 17.8 Å². The number of aromatic nitrogens is 3. The molecular formula is C31H48N4O2. The van der Waals surface area contributed by atoms with Gasteiger partial charge in [0.1, 0.15) is 11.6 Å². The van der Waals surface area contributed by atoms with Crippen LogP contribution in [0.5, 0.6) is 0 Å². The van der Waals surface area contributed by atoms with Gasteiger partial charge in [0.25, 0.3) is 0 Å². The van der Waals surface area contributed by atoms with Crippen LogP contribution in [0.2, 0.25) is 0 Å².